The van der Waals surface area contributed by atoms with Gasteiger partial charge in [0.25, 0.3) is 0 Å². The van der Waals surface area contributed by atoms with Crippen molar-refractivity contribution in [2.24, 2.45) is 11.7 Å². The van der Waals surface area contributed by atoms with Crippen LogP contribution in [0.4, 0.5) is 0 Å². The largest absolute Gasteiger partial charge is 0.329 e. The van der Waals surface area contributed by atoms with Crippen LogP contribution in [-0.2, 0) is 0 Å². The number of fused-ring (bicyclic) bond motifs is 1. The van der Waals surface area contributed by atoms with E-state index in [1.165, 1.54) is 58.3 Å². The van der Waals surface area contributed by atoms with Gasteiger partial charge in [-0.2, -0.15) is 0 Å². The molecule has 2 heterocycles. The number of nitrogens with zero attached hydrogens (tertiary/aromatic N) is 2. The number of hydrogen-bond donors (Lipinski definition) is 1. The van der Waals surface area contributed by atoms with Gasteiger partial charge in [0.05, 0.1) is 0 Å². The molecule has 3 rings (SSSR count). The van der Waals surface area contributed by atoms with Gasteiger partial charge < -0.3 is 5.73 Å². The molecule has 1 saturated carbocycles. The lowest BCUT2D eigenvalue weighted by molar-refractivity contribution is -0.0648. The molecule has 0 amide bonds. The average Bonchev–Trinajstić information content (AvgIpc) is 2.34. The first-order valence-electron chi connectivity index (χ1n) is 7.43. The summed E-state index contributed by atoms with van der Waals surface area (Å²) in [6, 6.07) is 0.830. The van der Waals surface area contributed by atoms with Gasteiger partial charge in [-0.25, -0.2) is 0 Å². The van der Waals surface area contributed by atoms with Gasteiger partial charge in [-0.1, -0.05) is 13.3 Å². The maximum atomic E-state index is 6.07. The third kappa shape index (κ3) is 2.02. The summed E-state index contributed by atoms with van der Waals surface area (Å²) in [5, 5.41) is 0. The topological polar surface area (TPSA) is 32.5 Å². The molecular formula is C14H27N3. The minimum atomic E-state index is 0.378. The quantitative estimate of drug-likeness (QED) is 0.785. The summed E-state index contributed by atoms with van der Waals surface area (Å²) in [6.45, 7) is 8.38. The molecule has 0 aromatic carbocycles. The lowest BCUT2D eigenvalue weighted by atomic mass is 9.67. The zero-order chi connectivity index (χ0) is 11.9. The van der Waals surface area contributed by atoms with Crippen molar-refractivity contribution < 1.29 is 0 Å². The number of nitrogens with two attached hydrogens (primary N) is 1. The van der Waals surface area contributed by atoms with E-state index in [2.05, 4.69) is 16.7 Å². The first-order chi connectivity index (χ1) is 8.23. The second-order valence-corrected chi connectivity index (χ2v) is 6.57. The summed E-state index contributed by atoms with van der Waals surface area (Å²) in [5.41, 5.74) is 6.45. The van der Waals surface area contributed by atoms with Gasteiger partial charge >= 0.3 is 0 Å². The van der Waals surface area contributed by atoms with E-state index in [1.807, 2.05) is 0 Å². The fraction of sp³-hybridized carbons (Fsp3) is 1.00. The van der Waals surface area contributed by atoms with Crippen LogP contribution in [0.3, 0.4) is 0 Å². The Labute approximate surface area is 105 Å². The molecule has 2 aliphatic heterocycles. The van der Waals surface area contributed by atoms with Crippen LogP contribution >= 0.6 is 0 Å². The van der Waals surface area contributed by atoms with Gasteiger partial charge in [0.15, 0.2) is 0 Å². The molecule has 98 valence electrons. The van der Waals surface area contributed by atoms with E-state index in [0.29, 0.717) is 5.54 Å². The van der Waals surface area contributed by atoms with Crippen molar-refractivity contribution in [2.45, 2.75) is 50.6 Å². The van der Waals surface area contributed by atoms with Crippen molar-refractivity contribution in [3.63, 3.8) is 0 Å². The van der Waals surface area contributed by atoms with Gasteiger partial charge in [0.1, 0.15) is 0 Å². The van der Waals surface area contributed by atoms with Crippen LogP contribution in [0.2, 0.25) is 0 Å². The zero-order valence-electron chi connectivity index (χ0n) is 11.2. The van der Waals surface area contributed by atoms with Crippen molar-refractivity contribution in [1.82, 2.24) is 9.80 Å². The predicted octanol–water partition coefficient (Wildman–Crippen LogP) is 1.28. The minimum Gasteiger partial charge on any atom is -0.329 e. The molecule has 1 atom stereocenters. The highest BCUT2D eigenvalue weighted by Crippen LogP contribution is 2.42. The molecule has 3 nitrogen and oxygen atoms in total. The standard InChI is InChI=1S/C14H27N3/c1-12-8-14(9-12,11-15)17-7-6-16-5-3-2-4-13(16)10-17/h12-13H,2-11,15H2,1H3. The van der Waals surface area contributed by atoms with E-state index in [4.69, 9.17) is 5.73 Å². The summed E-state index contributed by atoms with van der Waals surface area (Å²) in [4.78, 5) is 5.45. The molecule has 2 N–H and O–H groups in total. The van der Waals surface area contributed by atoms with Crippen molar-refractivity contribution in [2.75, 3.05) is 32.7 Å². The normalized spacial score (nSPS) is 44.1. The molecule has 0 radical (unpaired) electrons. The fourth-order valence-corrected chi connectivity index (χ4v) is 4.38. The molecule has 1 aliphatic carbocycles. The van der Waals surface area contributed by atoms with Crippen LogP contribution in [0.15, 0.2) is 0 Å². The molecule has 0 bridgehead atoms. The summed E-state index contributed by atoms with van der Waals surface area (Å²) >= 11 is 0. The molecule has 0 aromatic rings. The lowest BCUT2D eigenvalue weighted by Gasteiger charge is -2.57. The molecule has 3 aliphatic rings. The molecule has 0 aromatic heterocycles. The Morgan fingerprint density at radius 1 is 1.18 bits per heavy atom. The third-order valence-electron chi connectivity index (χ3n) is 5.34. The van der Waals surface area contributed by atoms with Crippen molar-refractivity contribution in [3.05, 3.63) is 0 Å². The van der Waals surface area contributed by atoms with Gasteiger partial charge in [-0.15, -0.1) is 0 Å². The van der Waals surface area contributed by atoms with Crippen LogP contribution in [0.1, 0.15) is 39.0 Å². The SMILES string of the molecule is CC1CC(CN)(N2CCN3CCCCC3C2)C1. The van der Waals surface area contributed by atoms with Gasteiger partial charge in [-0.3, -0.25) is 9.80 Å². The Kier molecular flexibility index (Phi) is 3.18. The van der Waals surface area contributed by atoms with E-state index < -0.39 is 0 Å². The maximum absolute atomic E-state index is 6.07. The van der Waals surface area contributed by atoms with Crippen molar-refractivity contribution >= 4 is 0 Å². The summed E-state index contributed by atoms with van der Waals surface area (Å²) in [7, 11) is 0. The molecule has 3 heteroatoms. The average molecular weight is 237 g/mol. The van der Waals surface area contributed by atoms with Gasteiger partial charge in [-0.05, 0) is 38.1 Å². The Hall–Kier alpha value is -0.120. The van der Waals surface area contributed by atoms with E-state index in [9.17, 15) is 0 Å². The highest BCUT2D eigenvalue weighted by atomic mass is 15.3. The van der Waals surface area contributed by atoms with Crippen molar-refractivity contribution in [3.8, 4) is 0 Å². The molecule has 3 fully saturated rings. The van der Waals surface area contributed by atoms with Crippen LogP contribution in [0.25, 0.3) is 0 Å². The summed E-state index contributed by atoms with van der Waals surface area (Å²) in [5.74, 6) is 0.892. The van der Waals surface area contributed by atoms with E-state index >= 15 is 0 Å². The number of piperidine rings is 1. The summed E-state index contributed by atoms with van der Waals surface area (Å²) in [6.07, 6.45) is 6.91. The molecule has 2 saturated heterocycles. The van der Waals surface area contributed by atoms with Crippen LogP contribution in [0, 0.1) is 5.92 Å². The van der Waals surface area contributed by atoms with E-state index in [0.717, 1.165) is 18.5 Å². The predicted molar refractivity (Wildman–Crippen MR) is 71.0 cm³/mol. The van der Waals surface area contributed by atoms with Crippen LogP contribution in [0.5, 0.6) is 0 Å². The van der Waals surface area contributed by atoms with Crippen LogP contribution < -0.4 is 5.73 Å². The lowest BCUT2D eigenvalue weighted by Crippen LogP contribution is -2.67. The third-order valence-corrected chi connectivity index (χ3v) is 5.34. The Balaban J connectivity index is 1.65. The molecule has 17 heavy (non-hydrogen) atoms. The molecule has 1 unspecified atom stereocenters. The first-order valence-corrected chi connectivity index (χ1v) is 7.43. The zero-order valence-corrected chi connectivity index (χ0v) is 11.2. The monoisotopic (exact) mass is 237 g/mol. The van der Waals surface area contributed by atoms with Gasteiger partial charge in [0.2, 0.25) is 0 Å². The second-order valence-electron chi connectivity index (χ2n) is 6.57. The van der Waals surface area contributed by atoms with Gasteiger partial charge in [0, 0.05) is 37.8 Å². The molecule has 0 spiro atoms. The smallest absolute Gasteiger partial charge is 0.0338 e. The maximum Gasteiger partial charge on any atom is 0.0338 e. The minimum absolute atomic E-state index is 0.378. The van der Waals surface area contributed by atoms with Crippen molar-refractivity contribution in [1.29, 1.82) is 0 Å². The van der Waals surface area contributed by atoms with Crippen LogP contribution in [-0.4, -0.2) is 54.1 Å². The number of piperazine rings is 1. The number of rotatable bonds is 2. The Morgan fingerprint density at radius 3 is 2.71 bits per heavy atom. The van der Waals surface area contributed by atoms with E-state index in [-0.39, 0.29) is 0 Å². The first kappa shape index (κ1) is 11.9. The summed E-state index contributed by atoms with van der Waals surface area (Å²) < 4.78 is 0. The highest BCUT2D eigenvalue weighted by Gasteiger charge is 2.47. The molecular weight excluding hydrogens is 210 g/mol. The fourth-order valence-electron chi connectivity index (χ4n) is 4.38. The Morgan fingerprint density at radius 2 is 2.00 bits per heavy atom. The van der Waals surface area contributed by atoms with E-state index in [1.54, 1.807) is 0 Å². The second kappa shape index (κ2) is 4.52. The number of hydrogen-bond acceptors (Lipinski definition) is 3. The highest BCUT2D eigenvalue weighted by molar-refractivity contribution is 5.04. The Bertz CT molecular complexity index is 273.